The number of aryl methyl sites for hydroxylation is 1. The van der Waals surface area contributed by atoms with Crippen LogP contribution in [0.5, 0.6) is 0 Å². The number of nitrogens with zero attached hydrogens (tertiary/aromatic N) is 2. The first kappa shape index (κ1) is 21.6. The lowest BCUT2D eigenvalue weighted by Gasteiger charge is -2.10. The molecule has 2 aromatic heterocycles. The van der Waals surface area contributed by atoms with E-state index < -0.39 is 0 Å². The first-order valence-corrected chi connectivity index (χ1v) is 11.3. The zero-order chi connectivity index (χ0) is 22.5. The van der Waals surface area contributed by atoms with E-state index in [1.54, 1.807) is 41.9 Å². The van der Waals surface area contributed by atoms with Gasteiger partial charge in [-0.05, 0) is 38.0 Å². The summed E-state index contributed by atoms with van der Waals surface area (Å²) in [7, 11) is 0. The number of benzene rings is 2. The van der Waals surface area contributed by atoms with Gasteiger partial charge in [0.05, 0.1) is 5.39 Å². The highest BCUT2D eigenvalue weighted by atomic mass is 32.1. The molecule has 0 aliphatic heterocycles. The molecule has 0 radical (unpaired) electrons. The molecule has 2 aromatic carbocycles. The average molecular weight is 445 g/mol. The van der Waals surface area contributed by atoms with Crippen molar-refractivity contribution in [1.82, 2.24) is 9.97 Å². The zero-order valence-corrected chi connectivity index (χ0v) is 18.8. The maximum absolute atomic E-state index is 12.3. The Balaban J connectivity index is 1.40. The van der Waals surface area contributed by atoms with Crippen LogP contribution < -0.4 is 10.6 Å². The van der Waals surface area contributed by atoms with Crippen LogP contribution in [0.2, 0.25) is 0 Å². The normalized spacial score (nSPS) is 10.8. The quantitative estimate of drug-likeness (QED) is 0.269. The van der Waals surface area contributed by atoms with E-state index in [1.165, 1.54) is 11.8 Å². The van der Waals surface area contributed by atoms with Crippen molar-refractivity contribution in [3.8, 4) is 11.1 Å². The third kappa shape index (κ3) is 4.84. The minimum absolute atomic E-state index is 0.0278. The van der Waals surface area contributed by atoms with Crippen molar-refractivity contribution >= 4 is 44.7 Å². The lowest BCUT2D eigenvalue weighted by molar-refractivity contribution is -0.116. The van der Waals surface area contributed by atoms with Gasteiger partial charge in [0.15, 0.2) is 5.78 Å². The molecule has 0 aliphatic rings. The van der Waals surface area contributed by atoms with E-state index in [2.05, 4.69) is 39.7 Å². The molecule has 2 heterocycles. The number of hydrogen-bond donors (Lipinski definition) is 2. The molecule has 0 atom stereocenters. The van der Waals surface area contributed by atoms with Crippen molar-refractivity contribution in [2.24, 2.45) is 0 Å². The van der Waals surface area contributed by atoms with Crippen molar-refractivity contribution in [3.63, 3.8) is 0 Å². The standard InChI is InChI=1S/C25H24N4O2S/c1-16(30)19-10-6-11-20(14-19)29-21(31)12-7-13-26-24-23-22(18-8-4-3-5-9-18)17(2)32-25(23)28-15-27-24/h3-6,8-11,14-15H,7,12-13H2,1-2H3,(H,29,31)(H,26,27,28). The molecule has 0 fully saturated rings. The van der Waals surface area contributed by atoms with E-state index in [-0.39, 0.29) is 11.7 Å². The molecule has 4 rings (SSSR count). The summed E-state index contributed by atoms with van der Waals surface area (Å²) in [5.41, 5.74) is 3.50. The fourth-order valence-electron chi connectivity index (χ4n) is 3.63. The number of Topliss-reactive ketones (excluding diaryl/α,β-unsaturated/α-hetero) is 1. The summed E-state index contributed by atoms with van der Waals surface area (Å²) >= 11 is 1.66. The van der Waals surface area contributed by atoms with Crippen molar-refractivity contribution in [2.75, 3.05) is 17.2 Å². The highest BCUT2D eigenvalue weighted by Gasteiger charge is 2.16. The van der Waals surface area contributed by atoms with Crippen molar-refractivity contribution in [3.05, 3.63) is 71.4 Å². The molecular weight excluding hydrogens is 420 g/mol. The second-order valence-electron chi connectivity index (χ2n) is 7.52. The molecule has 162 valence electrons. The Morgan fingerprint density at radius 3 is 2.62 bits per heavy atom. The zero-order valence-electron chi connectivity index (χ0n) is 18.0. The van der Waals surface area contributed by atoms with Gasteiger partial charge >= 0.3 is 0 Å². The number of thiophene rings is 1. The number of ketones is 1. The first-order chi connectivity index (χ1) is 15.5. The van der Waals surface area contributed by atoms with Gasteiger partial charge in [0.2, 0.25) is 5.91 Å². The molecule has 4 aromatic rings. The molecule has 1 amide bonds. The lowest BCUT2D eigenvalue weighted by atomic mass is 10.0. The van der Waals surface area contributed by atoms with Crippen LogP contribution in [0.1, 0.15) is 35.0 Å². The third-order valence-corrected chi connectivity index (χ3v) is 6.17. The largest absolute Gasteiger partial charge is 0.369 e. The first-order valence-electron chi connectivity index (χ1n) is 10.5. The van der Waals surface area contributed by atoms with E-state index in [0.29, 0.717) is 30.6 Å². The predicted molar refractivity (Wildman–Crippen MR) is 130 cm³/mol. The van der Waals surface area contributed by atoms with Crippen molar-refractivity contribution in [2.45, 2.75) is 26.7 Å². The van der Waals surface area contributed by atoms with E-state index in [0.717, 1.165) is 27.2 Å². The Morgan fingerprint density at radius 1 is 1.03 bits per heavy atom. The number of anilines is 2. The van der Waals surface area contributed by atoms with Crippen LogP contribution in [0.25, 0.3) is 21.3 Å². The predicted octanol–water partition coefficient (Wildman–Crippen LogP) is 5.70. The molecule has 7 heteroatoms. The number of amides is 1. The highest BCUT2D eigenvalue weighted by Crippen LogP contribution is 2.40. The van der Waals surface area contributed by atoms with Crippen LogP contribution in [-0.4, -0.2) is 28.2 Å². The molecule has 0 unspecified atom stereocenters. The molecule has 0 bridgehead atoms. The van der Waals surface area contributed by atoms with Crippen molar-refractivity contribution < 1.29 is 9.59 Å². The van der Waals surface area contributed by atoms with Gasteiger partial charge < -0.3 is 10.6 Å². The van der Waals surface area contributed by atoms with Gasteiger partial charge in [0.25, 0.3) is 0 Å². The topological polar surface area (TPSA) is 84.0 Å². The fourth-order valence-corrected chi connectivity index (χ4v) is 4.64. The second-order valence-corrected chi connectivity index (χ2v) is 8.72. The van der Waals surface area contributed by atoms with E-state index in [4.69, 9.17) is 0 Å². The Labute approximate surface area is 190 Å². The summed E-state index contributed by atoms with van der Waals surface area (Å²) in [5.74, 6) is 0.671. The van der Waals surface area contributed by atoms with Crippen LogP contribution in [-0.2, 0) is 4.79 Å². The summed E-state index contributed by atoms with van der Waals surface area (Å²) in [6.45, 7) is 4.22. The highest BCUT2D eigenvalue weighted by molar-refractivity contribution is 7.19. The van der Waals surface area contributed by atoms with Crippen LogP contribution in [0.15, 0.2) is 60.9 Å². The molecule has 32 heavy (non-hydrogen) atoms. The van der Waals surface area contributed by atoms with Crippen LogP contribution in [0.3, 0.4) is 0 Å². The van der Waals surface area contributed by atoms with Gasteiger partial charge in [-0.1, -0.05) is 42.5 Å². The van der Waals surface area contributed by atoms with Crippen LogP contribution >= 0.6 is 11.3 Å². The number of fused-ring (bicyclic) bond motifs is 1. The summed E-state index contributed by atoms with van der Waals surface area (Å²) in [6.07, 6.45) is 2.58. The molecule has 0 saturated heterocycles. The number of carbonyl (C=O) groups is 2. The smallest absolute Gasteiger partial charge is 0.224 e. The number of aromatic nitrogens is 2. The average Bonchev–Trinajstić information content (AvgIpc) is 3.14. The molecule has 6 nitrogen and oxygen atoms in total. The molecule has 0 saturated carbocycles. The number of carbonyl (C=O) groups excluding carboxylic acids is 2. The van der Waals surface area contributed by atoms with Gasteiger partial charge in [-0.3, -0.25) is 9.59 Å². The third-order valence-electron chi connectivity index (χ3n) is 5.15. The summed E-state index contributed by atoms with van der Waals surface area (Å²) < 4.78 is 0. The van der Waals surface area contributed by atoms with E-state index in [1.807, 2.05) is 18.2 Å². The fraction of sp³-hybridized carbons (Fsp3) is 0.200. The minimum Gasteiger partial charge on any atom is -0.369 e. The van der Waals surface area contributed by atoms with Gasteiger partial charge in [0, 0.05) is 34.7 Å². The molecule has 2 N–H and O–H groups in total. The number of nitrogens with one attached hydrogen (secondary N) is 2. The Hall–Kier alpha value is -3.58. The number of hydrogen-bond acceptors (Lipinski definition) is 6. The van der Waals surface area contributed by atoms with E-state index >= 15 is 0 Å². The van der Waals surface area contributed by atoms with Gasteiger partial charge in [-0.25, -0.2) is 9.97 Å². The Morgan fingerprint density at radius 2 is 1.84 bits per heavy atom. The number of rotatable bonds is 8. The maximum Gasteiger partial charge on any atom is 0.224 e. The van der Waals surface area contributed by atoms with Crippen LogP contribution in [0, 0.1) is 6.92 Å². The SMILES string of the molecule is CC(=O)c1cccc(NC(=O)CCCNc2ncnc3sc(C)c(-c4ccccc4)c23)c1. The van der Waals surface area contributed by atoms with Gasteiger partial charge in [-0.15, -0.1) is 11.3 Å². The Kier molecular flexibility index (Phi) is 6.56. The minimum atomic E-state index is -0.0864. The molecular formula is C25H24N4O2S. The lowest BCUT2D eigenvalue weighted by Crippen LogP contribution is -2.14. The maximum atomic E-state index is 12.3. The molecule has 0 spiro atoms. The summed E-state index contributed by atoms with van der Waals surface area (Å²) in [4.78, 5) is 34.9. The van der Waals surface area contributed by atoms with Gasteiger partial charge in [-0.2, -0.15) is 0 Å². The van der Waals surface area contributed by atoms with Crippen molar-refractivity contribution in [1.29, 1.82) is 0 Å². The summed E-state index contributed by atoms with van der Waals surface area (Å²) in [5, 5.41) is 7.26. The van der Waals surface area contributed by atoms with Gasteiger partial charge in [0.1, 0.15) is 17.0 Å². The van der Waals surface area contributed by atoms with E-state index in [9.17, 15) is 9.59 Å². The summed E-state index contributed by atoms with van der Waals surface area (Å²) in [6, 6.07) is 17.2. The molecule has 0 aliphatic carbocycles. The second kappa shape index (κ2) is 9.70. The Bertz CT molecular complexity index is 1270. The van der Waals surface area contributed by atoms with Crippen LogP contribution in [0.4, 0.5) is 11.5 Å². The monoisotopic (exact) mass is 444 g/mol.